The topological polar surface area (TPSA) is 95.5 Å². The molecule has 0 amide bonds. The molecule has 0 spiro atoms. The van der Waals surface area contributed by atoms with Gasteiger partial charge in [-0.15, -0.1) is 6.58 Å². The first-order chi connectivity index (χ1) is 11.4. The van der Waals surface area contributed by atoms with Crippen molar-refractivity contribution in [1.82, 2.24) is 4.72 Å². The van der Waals surface area contributed by atoms with Crippen molar-refractivity contribution in [2.75, 3.05) is 11.9 Å². The number of carboxylic acids is 1. The van der Waals surface area contributed by atoms with Crippen LogP contribution in [0.25, 0.3) is 0 Å². The minimum atomic E-state index is -3.89. The lowest BCUT2D eigenvalue weighted by Gasteiger charge is -2.13. The van der Waals surface area contributed by atoms with Crippen molar-refractivity contribution in [3.63, 3.8) is 0 Å². The van der Waals surface area contributed by atoms with Crippen molar-refractivity contribution in [2.45, 2.75) is 11.4 Å². The van der Waals surface area contributed by atoms with Crippen LogP contribution in [0, 0.1) is 0 Å². The van der Waals surface area contributed by atoms with Crippen LogP contribution in [0.1, 0.15) is 15.9 Å². The van der Waals surface area contributed by atoms with Crippen molar-refractivity contribution in [3.05, 3.63) is 72.3 Å². The fraction of sp³-hybridized carbons (Fsp3) is 0.118. The van der Waals surface area contributed by atoms with E-state index in [1.54, 1.807) is 18.2 Å². The van der Waals surface area contributed by atoms with Crippen LogP contribution in [-0.4, -0.2) is 26.0 Å². The molecule has 126 valence electrons. The van der Waals surface area contributed by atoms with Crippen LogP contribution in [-0.2, 0) is 16.6 Å². The maximum Gasteiger partial charge on any atom is 0.335 e. The van der Waals surface area contributed by atoms with Gasteiger partial charge in [0.2, 0.25) is 10.0 Å². The molecule has 0 unspecified atom stereocenters. The number of hydrogen-bond donors (Lipinski definition) is 3. The van der Waals surface area contributed by atoms with Crippen LogP contribution in [0.15, 0.2) is 66.1 Å². The van der Waals surface area contributed by atoms with Crippen LogP contribution in [0.4, 0.5) is 5.69 Å². The fourth-order valence-corrected chi connectivity index (χ4v) is 3.28. The van der Waals surface area contributed by atoms with E-state index < -0.39 is 16.0 Å². The number of carbonyl (C=O) groups is 1. The van der Waals surface area contributed by atoms with E-state index in [4.69, 9.17) is 5.11 Å². The van der Waals surface area contributed by atoms with Gasteiger partial charge in [0.15, 0.2) is 0 Å². The number of benzene rings is 2. The quantitative estimate of drug-likeness (QED) is 0.638. The zero-order valence-corrected chi connectivity index (χ0v) is 13.7. The second kappa shape index (κ2) is 7.76. The highest BCUT2D eigenvalue weighted by Gasteiger charge is 2.20. The summed E-state index contributed by atoms with van der Waals surface area (Å²) in [4.78, 5) is 11.0. The number of carboxylic acid groups (broad SMARTS) is 1. The van der Waals surface area contributed by atoms with E-state index in [1.165, 1.54) is 12.1 Å². The fourth-order valence-electron chi connectivity index (χ4n) is 2.06. The van der Waals surface area contributed by atoms with Gasteiger partial charge in [-0.1, -0.05) is 36.4 Å². The van der Waals surface area contributed by atoms with E-state index in [2.05, 4.69) is 16.6 Å². The number of nitrogens with one attached hydrogen (secondary N) is 2. The molecule has 0 aliphatic rings. The summed E-state index contributed by atoms with van der Waals surface area (Å²) in [7, 11) is -3.89. The van der Waals surface area contributed by atoms with Gasteiger partial charge < -0.3 is 10.4 Å². The lowest BCUT2D eigenvalue weighted by atomic mass is 10.2. The third kappa shape index (κ3) is 4.43. The molecule has 0 radical (unpaired) electrons. The Morgan fingerprint density at radius 2 is 1.88 bits per heavy atom. The van der Waals surface area contributed by atoms with Gasteiger partial charge in [-0.3, -0.25) is 0 Å². The molecule has 0 bridgehead atoms. The van der Waals surface area contributed by atoms with Crippen molar-refractivity contribution >= 4 is 21.7 Å². The summed E-state index contributed by atoms with van der Waals surface area (Å²) in [5, 5.41) is 12.0. The van der Waals surface area contributed by atoms with Crippen LogP contribution in [0.2, 0.25) is 0 Å². The highest BCUT2D eigenvalue weighted by molar-refractivity contribution is 7.89. The zero-order valence-electron chi connectivity index (χ0n) is 12.9. The summed E-state index contributed by atoms with van der Waals surface area (Å²) in [6.07, 6.45) is 1.58. The zero-order chi connectivity index (χ0) is 17.6. The van der Waals surface area contributed by atoms with E-state index in [-0.39, 0.29) is 17.0 Å². The Hall–Kier alpha value is -2.64. The average molecular weight is 346 g/mol. The Morgan fingerprint density at radius 1 is 1.17 bits per heavy atom. The molecular weight excluding hydrogens is 328 g/mol. The first-order valence-corrected chi connectivity index (χ1v) is 8.68. The van der Waals surface area contributed by atoms with Crippen molar-refractivity contribution < 1.29 is 18.3 Å². The predicted molar refractivity (Wildman–Crippen MR) is 92.6 cm³/mol. The molecule has 3 N–H and O–H groups in total. The maximum atomic E-state index is 12.6. The van der Waals surface area contributed by atoms with E-state index in [0.29, 0.717) is 12.2 Å². The molecule has 6 nitrogen and oxygen atoms in total. The normalized spacial score (nSPS) is 11.0. The largest absolute Gasteiger partial charge is 0.478 e. The average Bonchev–Trinajstić information content (AvgIpc) is 2.59. The van der Waals surface area contributed by atoms with Gasteiger partial charge in [-0.05, 0) is 23.8 Å². The van der Waals surface area contributed by atoms with E-state index in [1.807, 2.05) is 18.2 Å². The van der Waals surface area contributed by atoms with E-state index in [0.717, 1.165) is 11.6 Å². The van der Waals surface area contributed by atoms with E-state index >= 15 is 0 Å². The highest BCUT2D eigenvalue weighted by Crippen LogP contribution is 2.23. The number of aromatic carboxylic acids is 1. The Labute approximate surface area is 140 Å². The summed E-state index contributed by atoms with van der Waals surface area (Å²) in [6, 6.07) is 13.0. The summed E-state index contributed by atoms with van der Waals surface area (Å²) < 4.78 is 27.7. The molecular formula is C17H18N2O4S. The van der Waals surface area contributed by atoms with Crippen molar-refractivity contribution in [2.24, 2.45) is 0 Å². The molecule has 2 rings (SSSR count). The predicted octanol–water partition coefficient (Wildman–Crippen LogP) is 2.46. The number of hydrogen-bond acceptors (Lipinski definition) is 4. The molecule has 0 aromatic heterocycles. The number of sulfonamides is 1. The smallest absolute Gasteiger partial charge is 0.335 e. The molecule has 7 heteroatoms. The molecule has 0 aliphatic heterocycles. The SMILES string of the molecule is C=CCNc1ccc(C(=O)O)cc1S(=O)(=O)NCc1ccccc1. The highest BCUT2D eigenvalue weighted by atomic mass is 32.2. The molecule has 2 aromatic rings. The first-order valence-electron chi connectivity index (χ1n) is 7.20. The van der Waals surface area contributed by atoms with Crippen LogP contribution in [0.5, 0.6) is 0 Å². The summed E-state index contributed by atoms with van der Waals surface area (Å²) >= 11 is 0. The third-order valence-corrected chi connectivity index (χ3v) is 4.71. The van der Waals surface area contributed by atoms with Crippen LogP contribution in [0.3, 0.4) is 0 Å². The standard InChI is InChI=1S/C17H18N2O4S/c1-2-10-18-15-9-8-14(17(20)21)11-16(15)24(22,23)19-12-13-6-4-3-5-7-13/h2-9,11,18-19H,1,10,12H2,(H,20,21). The molecule has 0 heterocycles. The van der Waals surface area contributed by atoms with Gasteiger partial charge in [0.25, 0.3) is 0 Å². The molecule has 0 atom stereocenters. The molecule has 0 saturated heterocycles. The Morgan fingerprint density at radius 3 is 2.50 bits per heavy atom. The van der Waals surface area contributed by atoms with Crippen molar-refractivity contribution in [1.29, 1.82) is 0 Å². The minimum absolute atomic E-state index is 0.0979. The summed E-state index contributed by atoms with van der Waals surface area (Å²) in [5.41, 5.74) is 1.02. The molecule has 0 aliphatic carbocycles. The maximum absolute atomic E-state index is 12.6. The van der Waals surface area contributed by atoms with Gasteiger partial charge in [-0.2, -0.15) is 0 Å². The number of rotatable bonds is 8. The Kier molecular flexibility index (Phi) is 5.73. The second-order valence-electron chi connectivity index (χ2n) is 5.00. The molecule has 24 heavy (non-hydrogen) atoms. The second-order valence-corrected chi connectivity index (χ2v) is 6.73. The van der Waals surface area contributed by atoms with Crippen LogP contribution >= 0.6 is 0 Å². The van der Waals surface area contributed by atoms with Gasteiger partial charge in [0, 0.05) is 13.1 Å². The number of anilines is 1. The third-order valence-electron chi connectivity index (χ3n) is 3.26. The monoisotopic (exact) mass is 346 g/mol. The Bertz CT molecular complexity index is 833. The van der Waals surface area contributed by atoms with Crippen molar-refractivity contribution in [3.8, 4) is 0 Å². The molecule has 0 fully saturated rings. The molecule has 2 aromatic carbocycles. The van der Waals surface area contributed by atoms with E-state index in [9.17, 15) is 13.2 Å². The van der Waals surface area contributed by atoms with Gasteiger partial charge in [0.05, 0.1) is 11.3 Å². The molecule has 0 saturated carbocycles. The summed E-state index contributed by atoms with van der Waals surface area (Å²) in [6.45, 7) is 4.03. The van der Waals surface area contributed by atoms with Gasteiger partial charge in [0.1, 0.15) is 4.90 Å². The lowest BCUT2D eigenvalue weighted by Crippen LogP contribution is -2.24. The minimum Gasteiger partial charge on any atom is -0.478 e. The van der Waals surface area contributed by atoms with Crippen LogP contribution < -0.4 is 10.0 Å². The summed E-state index contributed by atoms with van der Waals surface area (Å²) in [5.74, 6) is -1.19. The first kappa shape index (κ1) is 17.7. The lowest BCUT2D eigenvalue weighted by molar-refractivity contribution is 0.0696. The van der Waals surface area contributed by atoms with Gasteiger partial charge >= 0.3 is 5.97 Å². The van der Waals surface area contributed by atoms with Gasteiger partial charge in [-0.25, -0.2) is 17.9 Å². The Balaban J connectivity index is 2.33.